The van der Waals surface area contributed by atoms with Crippen LogP contribution < -0.4 is 15.5 Å². The molecule has 0 bridgehead atoms. The Morgan fingerprint density at radius 3 is 2.33 bits per heavy atom. The van der Waals surface area contributed by atoms with E-state index in [9.17, 15) is 9.59 Å². The second kappa shape index (κ2) is 10.8. The molecule has 0 radical (unpaired) electrons. The molecule has 3 rings (SSSR count). The van der Waals surface area contributed by atoms with Gasteiger partial charge in [0.15, 0.2) is 6.61 Å². The number of ether oxygens (including phenoxy) is 1. The number of nitrogens with zero attached hydrogens (tertiary/aromatic N) is 1. The topological polar surface area (TPSA) is 79.8 Å². The van der Waals surface area contributed by atoms with E-state index in [-0.39, 0.29) is 24.8 Å². The number of anilines is 1. The van der Waals surface area contributed by atoms with Gasteiger partial charge in [-0.2, -0.15) is 5.10 Å². The Morgan fingerprint density at radius 1 is 0.900 bits per heavy atom. The smallest absolute Gasteiger partial charge is 0.262 e. The van der Waals surface area contributed by atoms with Crippen LogP contribution >= 0.6 is 11.6 Å². The van der Waals surface area contributed by atoms with Gasteiger partial charge in [0.1, 0.15) is 5.75 Å². The summed E-state index contributed by atoms with van der Waals surface area (Å²) in [6.07, 6.45) is 1.80. The summed E-state index contributed by atoms with van der Waals surface area (Å²) < 4.78 is 5.47. The number of para-hydroxylation sites is 1. The van der Waals surface area contributed by atoms with Crippen molar-refractivity contribution in [3.05, 3.63) is 95.0 Å². The normalized spacial score (nSPS) is 10.6. The van der Waals surface area contributed by atoms with Gasteiger partial charge in [-0.05, 0) is 47.5 Å². The molecule has 2 amide bonds. The summed E-state index contributed by atoms with van der Waals surface area (Å²) in [5.41, 5.74) is 4.74. The molecule has 2 N–H and O–H groups in total. The molecule has 0 unspecified atom stereocenters. The van der Waals surface area contributed by atoms with Crippen molar-refractivity contribution in [2.24, 2.45) is 5.10 Å². The Balaban J connectivity index is 1.43. The van der Waals surface area contributed by atoms with Crippen LogP contribution in [0.2, 0.25) is 5.02 Å². The van der Waals surface area contributed by atoms with Crippen LogP contribution in [0.1, 0.15) is 11.1 Å². The zero-order chi connectivity index (χ0) is 21.2. The highest BCUT2D eigenvalue weighted by atomic mass is 35.5. The van der Waals surface area contributed by atoms with Crippen LogP contribution in [0.15, 0.2) is 84.0 Å². The molecule has 6 nitrogen and oxygen atoms in total. The monoisotopic (exact) mass is 421 g/mol. The van der Waals surface area contributed by atoms with Crippen LogP contribution in [0.25, 0.3) is 0 Å². The predicted octanol–water partition coefficient (Wildman–Crippen LogP) is 4.05. The number of halogens is 1. The van der Waals surface area contributed by atoms with E-state index < -0.39 is 0 Å². The number of carbonyl (C=O) groups is 2. The minimum absolute atomic E-state index is 0.145. The van der Waals surface area contributed by atoms with Gasteiger partial charge in [-0.25, -0.2) is 5.43 Å². The van der Waals surface area contributed by atoms with Crippen LogP contribution in [-0.2, 0) is 16.0 Å². The Kier molecular flexibility index (Phi) is 7.58. The largest absolute Gasteiger partial charge is 0.484 e. The summed E-state index contributed by atoms with van der Waals surface area (Å²) in [6.45, 7) is -0.145. The molecule has 0 saturated heterocycles. The number of nitrogens with one attached hydrogen (secondary N) is 2. The molecule has 0 aliphatic carbocycles. The van der Waals surface area contributed by atoms with E-state index in [1.807, 2.05) is 30.3 Å². The first-order valence-corrected chi connectivity index (χ1v) is 9.61. The van der Waals surface area contributed by atoms with Crippen molar-refractivity contribution in [3.8, 4) is 5.75 Å². The summed E-state index contributed by atoms with van der Waals surface area (Å²) in [7, 11) is 0. The zero-order valence-corrected chi connectivity index (χ0v) is 16.8. The molecule has 0 aliphatic heterocycles. The van der Waals surface area contributed by atoms with Crippen molar-refractivity contribution in [2.45, 2.75) is 6.42 Å². The third kappa shape index (κ3) is 6.76. The molecular weight excluding hydrogens is 402 g/mol. The first-order valence-electron chi connectivity index (χ1n) is 9.23. The highest BCUT2D eigenvalue weighted by molar-refractivity contribution is 6.33. The molecule has 152 valence electrons. The number of hydrogen-bond donors (Lipinski definition) is 2. The Bertz CT molecular complexity index is 1020. The molecular formula is C23H20ClN3O3. The van der Waals surface area contributed by atoms with Gasteiger partial charge in [0.25, 0.3) is 5.91 Å². The van der Waals surface area contributed by atoms with E-state index >= 15 is 0 Å². The number of benzene rings is 3. The molecule has 3 aromatic rings. The van der Waals surface area contributed by atoms with Crippen molar-refractivity contribution in [2.75, 3.05) is 11.9 Å². The average molecular weight is 422 g/mol. The van der Waals surface area contributed by atoms with Crippen LogP contribution in [0.4, 0.5) is 5.69 Å². The van der Waals surface area contributed by atoms with Crippen molar-refractivity contribution in [1.82, 2.24) is 5.43 Å². The number of amides is 2. The van der Waals surface area contributed by atoms with Gasteiger partial charge >= 0.3 is 0 Å². The summed E-state index contributed by atoms with van der Waals surface area (Å²) in [5, 5.41) is 7.11. The van der Waals surface area contributed by atoms with Crippen molar-refractivity contribution in [1.29, 1.82) is 0 Å². The maximum Gasteiger partial charge on any atom is 0.262 e. The van der Waals surface area contributed by atoms with Crippen LogP contribution in [0, 0.1) is 0 Å². The highest BCUT2D eigenvalue weighted by Gasteiger charge is 2.06. The van der Waals surface area contributed by atoms with Gasteiger partial charge in [-0.1, -0.05) is 54.1 Å². The molecule has 0 heterocycles. The quantitative estimate of drug-likeness (QED) is 0.425. The summed E-state index contributed by atoms with van der Waals surface area (Å²) in [5.74, 6) is 0.0337. The molecule has 0 fully saturated rings. The van der Waals surface area contributed by atoms with Crippen molar-refractivity contribution >= 4 is 35.3 Å². The summed E-state index contributed by atoms with van der Waals surface area (Å²) in [4.78, 5) is 23.9. The highest BCUT2D eigenvalue weighted by Crippen LogP contribution is 2.20. The van der Waals surface area contributed by atoms with Gasteiger partial charge < -0.3 is 10.1 Å². The first-order chi connectivity index (χ1) is 14.6. The second-order valence-electron chi connectivity index (χ2n) is 6.34. The molecule has 0 aromatic heterocycles. The number of rotatable bonds is 8. The molecule has 3 aromatic carbocycles. The molecule has 7 heteroatoms. The van der Waals surface area contributed by atoms with Crippen molar-refractivity contribution in [3.63, 3.8) is 0 Å². The minimum Gasteiger partial charge on any atom is -0.484 e. The lowest BCUT2D eigenvalue weighted by molar-refractivity contribution is -0.120. The maximum atomic E-state index is 12.0. The minimum atomic E-state index is -0.310. The fourth-order valence-corrected chi connectivity index (χ4v) is 2.73. The lowest BCUT2D eigenvalue weighted by atomic mass is 10.1. The lowest BCUT2D eigenvalue weighted by Crippen LogP contribution is -2.20. The van der Waals surface area contributed by atoms with Gasteiger partial charge in [0, 0.05) is 0 Å². The second-order valence-corrected chi connectivity index (χ2v) is 6.75. The summed E-state index contributed by atoms with van der Waals surface area (Å²) in [6, 6.07) is 23.4. The van der Waals surface area contributed by atoms with Gasteiger partial charge in [0.05, 0.1) is 23.3 Å². The Hall–Kier alpha value is -3.64. The molecule has 0 saturated carbocycles. The van der Waals surface area contributed by atoms with Crippen LogP contribution in [0.5, 0.6) is 5.75 Å². The van der Waals surface area contributed by atoms with Crippen LogP contribution in [0.3, 0.4) is 0 Å². The van der Waals surface area contributed by atoms with Gasteiger partial charge in [-0.15, -0.1) is 0 Å². The number of hydrazone groups is 1. The fourth-order valence-electron chi connectivity index (χ4n) is 2.55. The van der Waals surface area contributed by atoms with E-state index in [1.165, 1.54) is 6.21 Å². The Morgan fingerprint density at radius 2 is 1.60 bits per heavy atom. The van der Waals surface area contributed by atoms with E-state index in [1.54, 1.807) is 48.5 Å². The third-order valence-electron chi connectivity index (χ3n) is 4.01. The Labute approximate surface area is 179 Å². The number of carbonyl (C=O) groups excluding carboxylic acids is 2. The zero-order valence-electron chi connectivity index (χ0n) is 16.0. The number of hydrogen-bond acceptors (Lipinski definition) is 4. The fraction of sp³-hybridized carbons (Fsp3) is 0.0870. The third-order valence-corrected chi connectivity index (χ3v) is 4.34. The predicted molar refractivity (Wildman–Crippen MR) is 118 cm³/mol. The van der Waals surface area contributed by atoms with E-state index in [2.05, 4.69) is 15.8 Å². The summed E-state index contributed by atoms with van der Waals surface area (Å²) >= 11 is 6.01. The maximum absolute atomic E-state index is 12.0. The first kappa shape index (κ1) is 21.1. The molecule has 0 aliphatic rings. The van der Waals surface area contributed by atoms with Crippen molar-refractivity contribution < 1.29 is 14.3 Å². The van der Waals surface area contributed by atoms with Crippen LogP contribution in [-0.4, -0.2) is 24.6 Å². The van der Waals surface area contributed by atoms with E-state index in [0.717, 1.165) is 11.1 Å². The lowest BCUT2D eigenvalue weighted by Gasteiger charge is -2.08. The standard InChI is InChI=1S/C23H20ClN3O3/c24-20-8-4-5-9-21(20)26-23(29)16-30-19-12-10-18(11-13-19)15-25-27-22(28)14-17-6-2-1-3-7-17/h1-13,15H,14,16H2,(H,26,29)(H,27,28). The van der Waals surface area contributed by atoms with E-state index in [4.69, 9.17) is 16.3 Å². The van der Waals surface area contributed by atoms with Gasteiger partial charge in [-0.3, -0.25) is 9.59 Å². The average Bonchev–Trinajstić information content (AvgIpc) is 2.75. The molecule has 30 heavy (non-hydrogen) atoms. The van der Waals surface area contributed by atoms with Gasteiger partial charge in [0.2, 0.25) is 5.91 Å². The molecule has 0 spiro atoms. The van der Waals surface area contributed by atoms with E-state index in [0.29, 0.717) is 16.5 Å². The SMILES string of the molecule is O=C(Cc1ccccc1)NN=Cc1ccc(OCC(=O)Nc2ccccc2Cl)cc1. The molecule has 0 atom stereocenters.